The topological polar surface area (TPSA) is 194 Å². The Morgan fingerprint density at radius 2 is 1.42 bits per heavy atom. The van der Waals surface area contributed by atoms with Crippen LogP contribution in [-0.4, -0.2) is 46.8 Å². The van der Waals surface area contributed by atoms with Crippen LogP contribution in [0.3, 0.4) is 0 Å². The third-order valence-corrected chi connectivity index (χ3v) is 7.83. The van der Waals surface area contributed by atoms with Crippen molar-refractivity contribution in [3.63, 3.8) is 0 Å². The molecule has 1 aliphatic rings. The first-order valence-electron chi connectivity index (χ1n) is 13.4. The van der Waals surface area contributed by atoms with Gasteiger partial charge >= 0.3 is 5.97 Å². The number of benzene rings is 4. The second-order valence-electron chi connectivity index (χ2n) is 10.2. The van der Waals surface area contributed by atoms with Gasteiger partial charge in [0.25, 0.3) is 16.0 Å². The van der Waals surface area contributed by atoms with E-state index in [-0.39, 0.29) is 21.9 Å². The van der Waals surface area contributed by atoms with Gasteiger partial charge in [-0.15, -0.1) is 0 Å². The van der Waals surface area contributed by atoms with Crippen molar-refractivity contribution in [2.24, 2.45) is 25.6 Å². The van der Waals surface area contributed by atoms with Crippen molar-refractivity contribution >= 4 is 50.5 Å². The van der Waals surface area contributed by atoms with E-state index in [9.17, 15) is 32.8 Å². The van der Waals surface area contributed by atoms with Crippen LogP contribution in [-0.2, 0) is 14.9 Å². The maximum Gasteiger partial charge on any atom is 0.339 e. The largest absolute Gasteiger partial charge is 0.507 e. The summed E-state index contributed by atoms with van der Waals surface area (Å²) in [4.78, 5) is 24.0. The van der Waals surface area contributed by atoms with Gasteiger partial charge in [-0.3, -0.25) is 9.35 Å². The van der Waals surface area contributed by atoms with Gasteiger partial charge in [0.05, 0.1) is 33.4 Å². The zero-order valence-corrected chi connectivity index (χ0v) is 25.0. The van der Waals surface area contributed by atoms with Crippen LogP contribution in [0.5, 0.6) is 5.75 Å². The Morgan fingerprint density at radius 3 is 1.98 bits per heavy atom. The highest BCUT2D eigenvalue weighted by molar-refractivity contribution is 7.85. The van der Waals surface area contributed by atoms with E-state index in [1.807, 2.05) is 38.1 Å². The average Bonchev–Trinajstić information content (AvgIpc) is 3.28. The summed E-state index contributed by atoms with van der Waals surface area (Å²) < 4.78 is 31.8. The zero-order valence-electron chi connectivity index (χ0n) is 24.1. The number of azo groups is 2. The number of rotatable bonds is 8. The van der Waals surface area contributed by atoms with E-state index >= 15 is 0 Å². The highest BCUT2D eigenvalue weighted by Crippen LogP contribution is 2.32. The van der Waals surface area contributed by atoms with Gasteiger partial charge in [0.15, 0.2) is 6.04 Å². The van der Waals surface area contributed by atoms with Crippen molar-refractivity contribution in [3.05, 3.63) is 95.6 Å². The molecule has 4 aromatic rings. The molecule has 0 saturated heterocycles. The van der Waals surface area contributed by atoms with Gasteiger partial charge in [0.1, 0.15) is 11.3 Å². The molecule has 0 unspecified atom stereocenters. The summed E-state index contributed by atoms with van der Waals surface area (Å²) in [6.45, 7) is 5.39. The van der Waals surface area contributed by atoms with Crippen molar-refractivity contribution in [2.75, 3.05) is 5.01 Å². The Labute approximate surface area is 257 Å². The van der Waals surface area contributed by atoms with Crippen LogP contribution < -0.4 is 5.01 Å². The molecule has 1 atom stereocenters. The van der Waals surface area contributed by atoms with Gasteiger partial charge in [0, 0.05) is 0 Å². The minimum atomic E-state index is -4.37. The molecule has 45 heavy (non-hydrogen) atoms. The number of carboxylic acid groups (broad SMARTS) is 1. The van der Waals surface area contributed by atoms with Crippen LogP contribution in [0.15, 0.2) is 109 Å². The molecule has 1 aliphatic heterocycles. The van der Waals surface area contributed by atoms with E-state index in [1.165, 1.54) is 42.5 Å². The Morgan fingerprint density at radius 1 is 0.822 bits per heavy atom. The van der Waals surface area contributed by atoms with Crippen LogP contribution in [0.1, 0.15) is 28.4 Å². The predicted octanol–water partition coefficient (Wildman–Crippen LogP) is 6.91. The van der Waals surface area contributed by atoms with E-state index in [0.717, 1.165) is 27.3 Å². The third kappa shape index (κ3) is 6.66. The lowest BCUT2D eigenvalue weighted by Crippen LogP contribution is -2.29. The molecule has 3 N–H and O–H groups in total. The lowest BCUT2D eigenvalue weighted by Gasteiger charge is -2.12. The van der Waals surface area contributed by atoms with E-state index in [1.54, 1.807) is 19.1 Å². The fraction of sp³-hybridized carbons (Fsp3) is 0.129. The molecule has 4 aromatic carbocycles. The highest BCUT2D eigenvalue weighted by Gasteiger charge is 2.35. The third-order valence-electron chi connectivity index (χ3n) is 6.97. The summed E-state index contributed by atoms with van der Waals surface area (Å²) in [7, 11) is -4.37. The van der Waals surface area contributed by atoms with Gasteiger partial charge in [-0.2, -0.15) is 39.0 Å². The molecule has 5 rings (SSSR count). The molecular formula is C31H26N6O7S. The van der Waals surface area contributed by atoms with Crippen LogP contribution in [0, 0.1) is 13.8 Å². The number of aryl methyl sites for hydroxylation is 2. The lowest BCUT2D eigenvalue weighted by atomic mass is 10.0. The Kier molecular flexibility index (Phi) is 8.35. The first-order valence-corrected chi connectivity index (χ1v) is 14.8. The number of hydrogen-bond acceptors (Lipinski definition) is 10. The first-order chi connectivity index (χ1) is 21.3. The zero-order chi connectivity index (χ0) is 32.5. The first kappa shape index (κ1) is 30.8. The summed E-state index contributed by atoms with van der Waals surface area (Å²) in [6.07, 6.45) is 0. The van der Waals surface area contributed by atoms with Crippen molar-refractivity contribution < 1.29 is 32.8 Å². The maximum absolute atomic E-state index is 13.0. The average molecular weight is 627 g/mol. The minimum Gasteiger partial charge on any atom is -0.507 e. The van der Waals surface area contributed by atoms with Gasteiger partial charge in [-0.25, -0.2) is 4.79 Å². The number of hydrazone groups is 1. The van der Waals surface area contributed by atoms with Crippen LogP contribution >= 0.6 is 0 Å². The number of phenols is 1. The number of amides is 1. The molecule has 0 spiro atoms. The molecule has 0 aromatic heterocycles. The number of aromatic carboxylic acids is 1. The molecule has 228 valence electrons. The van der Waals surface area contributed by atoms with E-state index in [0.29, 0.717) is 22.8 Å². The second kappa shape index (κ2) is 12.2. The SMILES string of the molecule is CC1=NN(c2ccc(S(=O)(=O)O)cc2)C(=O)[C@@H]1/N=N\c1ccc(-c2ccc(/N=N\c3ccc(O)c(C(=O)O)c3)c(C)c2)cc1C. The van der Waals surface area contributed by atoms with E-state index in [4.69, 9.17) is 0 Å². The Bertz CT molecular complexity index is 2040. The Balaban J connectivity index is 1.29. The van der Waals surface area contributed by atoms with Gasteiger partial charge < -0.3 is 10.2 Å². The maximum atomic E-state index is 13.0. The molecule has 0 bridgehead atoms. The fourth-order valence-electron chi connectivity index (χ4n) is 4.52. The smallest absolute Gasteiger partial charge is 0.339 e. The van der Waals surface area contributed by atoms with Gasteiger partial charge in [-0.1, -0.05) is 12.1 Å². The normalized spacial score (nSPS) is 15.3. The summed E-state index contributed by atoms with van der Waals surface area (Å²) >= 11 is 0. The Hall–Kier alpha value is -5.60. The summed E-state index contributed by atoms with van der Waals surface area (Å²) in [5, 5.41) is 41.1. The highest BCUT2D eigenvalue weighted by atomic mass is 32.2. The van der Waals surface area contributed by atoms with E-state index in [2.05, 4.69) is 25.6 Å². The number of carboxylic acids is 1. The van der Waals surface area contributed by atoms with Crippen molar-refractivity contribution in [3.8, 4) is 16.9 Å². The molecule has 1 heterocycles. The second-order valence-corrected chi connectivity index (χ2v) is 11.6. The summed E-state index contributed by atoms with van der Waals surface area (Å²) in [6, 6.07) is 19.3. The standard InChI is InChI=1S/C31H26N6O7S/c1-17-14-20(4-11-26(17)33-32-22-6-13-28(38)25(16-22)31(40)41)21-5-12-27(18(2)15-21)34-35-29-19(3)36-37(30(29)39)23-7-9-24(10-8-23)45(42,43)44/h4-16,29,38H,1-3H3,(H,40,41)(H,42,43,44)/b33-32-,35-34-/t29-/m1/s1. The molecule has 14 heteroatoms. The monoisotopic (exact) mass is 626 g/mol. The van der Waals surface area contributed by atoms with Crippen LogP contribution in [0.25, 0.3) is 11.1 Å². The molecule has 0 aliphatic carbocycles. The molecule has 13 nitrogen and oxygen atoms in total. The fourth-order valence-corrected chi connectivity index (χ4v) is 5.00. The predicted molar refractivity (Wildman–Crippen MR) is 166 cm³/mol. The molecule has 0 fully saturated rings. The molecular weight excluding hydrogens is 600 g/mol. The number of hydrogen-bond donors (Lipinski definition) is 3. The lowest BCUT2D eigenvalue weighted by molar-refractivity contribution is -0.117. The van der Waals surface area contributed by atoms with Crippen LogP contribution in [0.2, 0.25) is 0 Å². The van der Waals surface area contributed by atoms with Crippen molar-refractivity contribution in [1.82, 2.24) is 0 Å². The molecule has 0 radical (unpaired) electrons. The number of carbonyl (C=O) groups excluding carboxylic acids is 1. The minimum absolute atomic E-state index is 0.261. The number of anilines is 1. The van der Waals surface area contributed by atoms with Gasteiger partial charge in [0.2, 0.25) is 0 Å². The molecule has 1 amide bonds. The van der Waals surface area contributed by atoms with Gasteiger partial charge in [-0.05, 0) is 110 Å². The summed E-state index contributed by atoms with van der Waals surface area (Å²) in [5.74, 6) is -2.07. The quantitative estimate of drug-likeness (QED) is 0.139. The number of nitrogens with zero attached hydrogens (tertiary/aromatic N) is 6. The number of aromatic hydroxyl groups is 1. The molecule has 0 saturated carbocycles. The summed E-state index contributed by atoms with van der Waals surface area (Å²) in [5.41, 5.74) is 5.40. The number of carbonyl (C=O) groups is 2. The van der Waals surface area contributed by atoms with Crippen molar-refractivity contribution in [1.29, 1.82) is 0 Å². The van der Waals surface area contributed by atoms with Crippen molar-refractivity contribution in [2.45, 2.75) is 31.7 Å². The van der Waals surface area contributed by atoms with Crippen LogP contribution in [0.4, 0.5) is 22.7 Å². The van der Waals surface area contributed by atoms with E-state index < -0.39 is 28.0 Å².